The van der Waals surface area contributed by atoms with Gasteiger partial charge in [0.25, 0.3) is 0 Å². The molecule has 1 aromatic heterocycles. The Morgan fingerprint density at radius 1 is 1.31 bits per heavy atom. The molecule has 1 saturated carbocycles. The maximum atomic E-state index is 13.2. The van der Waals surface area contributed by atoms with E-state index in [4.69, 9.17) is 0 Å². The standard InChI is InChI=1S/C19H30N4O3/c1-5-23-12-15(11-20-23)17(25)13-21(3)18(26)19(2,22(4)14-24)16-9-7-6-8-10-16/h11-12,14,16H,5-10,13H2,1-4H3. The summed E-state index contributed by atoms with van der Waals surface area (Å²) >= 11 is 0. The predicted octanol–water partition coefficient (Wildman–Crippen LogP) is 1.97. The molecule has 1 aliphatic carbocycles. The van der Waals surface area contributed by atoms with Gasteiger partial charge < -0.3 is 9.80 Å². The molecule has 0 aliphatic heterocycles. The van der Waals surface area contributed by atoms with Gasteiger partial charge in [0.05, 0.1) is 18.3 Å². The zero-order valence-corrected chi connectivity index (χ0v) is 16.3. The minimum absolute atomic E-state index is 0.0246. The van der Waals surface area contributed by atoms with Gasteiger partial charge in [-0.05, 0) is 32.6 Å². The molecule has 1 fully saturated rings. The van der Waals surface area contributed by atoms with E-state index >= 15 is 0 Å². The molecule has 2 amide bonds. The van der Waals surface area contributed by atoms with E-state index in [1.165, 1.54) is 22.4 Å². The Morgan fingerprint density at radius 2 is 1.96 bits per heavy atom. The van der Waals surface area contributed by atoms with Gasteiger partial charge in [-0.15, -0.1) is 0 Å². The molecule has 0 radical (unpaired) electrons. The van der Waals surface area contributed by atoms with Crippen molar-refractivity contribution in [1.29, 1.82) is 0 Å². The SMILES string of the molecule is CCn1cc(C(=O)CN(C)C(=O)C(C)(C2CCCCC2)N(C)C=O)cn1. The molecular weight excluding hydrogens is 332 g/mol. The first-order chi connectivity index (χ1) is 12.3. The van der Waals surface area contributed by atoms with Gasteiger partial charge in [0.1, 0.15) is 5.54 Å². The molecule has 7 heteroatoms. The van der Waals surface area contributed by atoms with Gasteiger partial charge >= 0.3 is 0 Å². The topological polar surface area (TPSA) is 75.5 Å². The molecule has 1 atom stereocenters. The Hall–Kier alpha value is -2.18. The van der Waals surface area contributed by atoms with Gasteiger partial charge in [-0.3, -0.25) is 19.1 Å². The van der Waals surface area contributed by atoms with Crippen molar-refractivity contribution in [3.05, 3.63) is 18.0 Å². The number of likely N-dealkylation sites (N-methyl/N-ethyl adjacent to an activating group) is 2. The summed E-state index contributed by atoms with van der Waals surface area (Å²) in [4.78, 5) is 40.1. The van der Waals surface area contributed by atoms with E-state index in [1.807, 2.05) is 13.8 Å². The number of Topliss-reactive ketones (excluding diaryl/α,β-unsaturated/α-hetero) is 1. The summed E-state index contributed by atoms with van der Waals surface area (Å²) in [5.74, 6) is -0.227. The highest BCUT2D eigenvalue weighted by Crippen LogP contribution is 2.36. The molecule has 0 aromatic carbocycles. The summed E-state index contributed by atoms with van der Waals surface area (Å²) in [6.45, 7) is 4.44. The van der Waals surface area contributed by atoms with Crippen molar-refractivity contribution >= 4 is 18.1 Å². The quantitative estimate of drug-likeness (QED) is 0.523. The summed E-state index contributed by atoms with van der Waals surface area (Å²) < 4.78 is 1.68. The molecule has 26 heavy (non-hydrogen) atoms. The van der Waals surface area contributed by atoms with Crippen LogP contribution in [0.4, 0.5) is 0 Å². The second-order valence-electron chi connectivity index (χ2n) is 7.37. The predicted molar refractivity (Wildman–Crippen MR) is 98.7 cm³/mol. The summed E-state index contributed by atoms with van der Waals surface area (Å²) in [5, 5.41) is 4.11. The number of amides is 2. The lowest BCUT2D eigenvalue weighted by Crippen LogP contribution is -2.60. The summed E-state index contributed by atoms with van der Waals surface area (Å²) in [7, 11) is 3.28. The molecule has 0 N–H and O–H groups in total. The van der Waals surface area contributed by atoms with Crippen molar-refractivity contribution in [2.45, 2.75) is 58.0 Å². The fourth-order valence-corrected chi connectivity index (χ4v) is 3.83. The Morgan fingerprint density at radius 3 is 2.50 bits per heavy atom. The molecule has 0 bridgehead atoms. The molecule has 1 aliphatic rings. The van der Waals surface area contributed by atoms with E-state index in [-0.39, 0.29) is 24.2 Å². The van der Waals surface area contributed by atoms with Crippen LogP contribution in [-0.4, -0.2) is 63.9 Å². The van der Waals surface area contributed by atoms with Crippen LogP contribution in [0.3, 0.4) is 0 Å². The summed E-state index contributed by atoms with van der Waals surface area (Å²) in [6.07, 6.45) is 9.09. The second-order valence-corrected chi connectivity index (χ2v) is 7.37. The molecule has 1 heterocycles. The highest BCUT2D eigenvalue weighted by Gasteiger charge is 2.46. The van der Waals surface area contributed by atoms with E-state index in [2.05, 4.69) is 5.10 Å². The van der Waals surface area contributed by atoms with E-state index in [1.54, 1.807) is 25.0 Å². The third-order valence-electron chi connectivity index (χ3n) is 5.73. The smallest absolute Gasteiger partial charge is 0.248 e. The van der Waals surface area contributed by atoms with Gasteiger partial charge in [-0.1, -0.05) is 19.3 Å². The monoisotopic (exact) mass is 362 g/mol. The first-order valence-corrected chi connectivity index (χ1v) is 9.34. The van der Waals surface area contributed by atoms with Crippen molar-refractivity contribution in [1.82, 2.24) is 19.6 Å². The third kappa shape index (κ3) is 3.97. The van der Waals surface area contributed by atoms with Crippen molar-refractivity contribution in [2.24, 2.45) is 5.92 Å². The molecule has 1 unspecified atom stereocenters. The van der Waals surface area contributed by atoms with Gasteiger partial charge in [0.15, 0.2) is 5.78 Å². The number of hydrogen-bond acceptors (Lipinski definition) is 4. The van der Waals surface area contributed by atoms with Crippen LogP contribution in [0.25, 0.3) is 0 Å². The Balaban J connectivity index is 2.15. The Kier molecular flexibility index (Phi) is 6.56. The number of aryl methyl sites for hydroxylation is 1. The molecule has 0 saturated heterocycles. The molecule has 144 valence electrons. The fraction of sp³-hybridized carbons (Fsp3) is 0.684. The lowest BCUT2D eigenvalue weighted by atomic mass is 9.74. The van der Waals surface area contributed by atoms with Crippen LogP contribution < -0.4 is 0 Å². The molecule has 1 aromatic rings. The zero-order valence-electron chi connectivity index (χ0n) is 16.3. The molecular formula is C19H30N4O3. The molecule has 0 spiro atoms. The minimum Gasteiger partial charge on any atom is -0.336 e. The van der Waals surface area contributed by atoms with Crippen LogP contribution in [0.2, 0.25) is 0 Å². The van der Waals surface area contributed by atoms with Crippen molar-refractivity contribution in [2.75, 3.05) is 20.6 Å². The van der Waals surface area contributed by atoms with Crippen LogP contribution in [0, 0.1) is 5.92 Å². The van der Waals surface area contributed by atoms with E-state index in [0.717, 1.165) is 25.7 Å². The van der Waals surface area contributed by atoms with Crippen molar-refractivity contribution < 1.29 is 14.4 Å². The first-order valence-electron chi connectivity index (χ1n) is 9.34. The van der Waals surface area contributed by atoms with E-state index in [0.29, 0.717) is 18.5 Å². The number of hydrogen-bond donors (Lipinski definition) is 0. The lowest BCUT2D eigenvalue weighted by molar-refractivity contribution is -0.150. The van der Waals surface area contributed by atoms with Crippen LogP contribution in [0.5, 0.6) is 0 Å². The Bertz CT molecular complexity index is 651. The number of ketones is 1. The van der Waals surface area contributed by atoms with Gasteiger partial charge in [0, 0.05) is 26.8 Å². The fourth-order valence-electron chi connectivity index (χ4n) is 3.83. The highest BCUT2D eigenvalue weighted by atomic mass is 16.2. The number of aromatic nitrogens is 2. The van der Waals surface area contributed by atoms with Crippen LogP contribution in [0.1, 0.15) is 56.3 Å². The van der Waals surface area contributed by atoms with Gasteiger partial charge in [-0.25, -0.2) is 0 Å². The van der Waals surface area contributed by atoms with Crippen LogP contribution in [-0.2, 0) is 16.1 Å². The average molecular weight is 362 g/mol. The second kappa shape index (κ2) is 8.47. The normalized spacial score (nSPS) is 17.4. The minimum atomic E-state index is -0.926. The van der Waals surface area contributed by atoms with E-state index < -0.39 is 5.54 Å². The number of rotatable bonds is 8. The van der Waals surface area contributed by atoms with Crippen molar-refractivity contribution in [3.63, 3.8) is 0 Å². The summed E-state index contributed by atoms with van der Waals surface area (Å²) in [5.41, 5.74) is -0.431. The van der Waals surface area contributed by atoms with Crippen LogP contribution in [0.15, 0.2) is 12.4 Å². The number of carbonyl (C=O) groups is 3. The largest absolute Gasteiger partial charge is 0.336 e. The maximum absolute atomic E-state index is 13.2. The Labute approximate surface area is 155 Å². The average Bonchev–Trinajstić information content (AvgIpc) is 3.16. The van der Waals surface area contributed by atoms with Gasteiger partial charge in [-0.2, -0.15) is 5.10 Å². The third-order valence-corrected chi connectivity index (χ3v) is 5.73. The lowest BCUT2D eigenvalue weighted by Gasteiger charge is -2.45. The molecule has 2 rings (SSSR count). The van der Waals surface area contributed by atoms with Crippen molar-refractivity contribution in [3.8, 4) is 0 Å². The van der Waals surface area contributed by atoms with Gasteiger partial charge in [0.2, 0.25) is 12.3 Å². The maximum Gasteiger partial charge on any atom is 0.248 e. The van der Waals surface area contributed by atoms with Crippen LogP contribution >= 0.6 is 0 Å². The first kappa shape index (κ1) is 20.1. The number of carbonyl (C=O) groups excluding carboxylic acids is 3. The zero-order chi connectivity index (χ0) is 19.3. The van der Waals surface area contributed by atoms with E-state index in [9.17, 15) is 14.4 Å². The summed E-state index contributed by atoms with van der Waals surface area (Å²) in [6, 6.07) is 0. The molecule has 7 nitrogen and oxygen atoms in total. The number of nitrogens with zero attached hydrogens (tertiary/aromatic N) is 4. The highest BCUT2D eigenvalue weighted by molar-refractivity contribution is 6.00.